The topological polar surface area (TPSA) is 44.9 Å². The van der Waals surface area contributed by atoms with Gasteiger partial charge in [0.25, 0.3) is 5.91 Å². The molecule has 0 spiro atoms. The highest BCUT2D eigenvalue weighted by atomic mass is 32.1. The number of rotatable bonds is 4. The summed E-state index contributed by atoms with van der Waals surface area (Å²) in [5.74, 6) is 0.0224. The zero-order valence-electron chi connectivity index (χ0n) is 13.0. The van der Waals surface area contributed by atoms with E-state index in [0.717, 1.165) is 30.3 Å². The molecule has 2 heterocycles. The fraction of sp³-hybridized carbons (Fsp3) is 0.316. The second-order valence-electron chi connectivity index (χ2n) is 6.13. The van der Waals surface area contributed by atoms with Crippen LogP contribution in [0.4, 0.5) is 0 Å². The first-order valence-corrected chi connectivity index (χ1v) is 9.13. The van der Waals surface area contributed by atoms with Crippen molar-refractivity contribution in [2.45, 2.75) is 32.1 Å². The lowest BCUT2D eigenvalue weighted by Gasteiger charge is -2.10. The summed E-state index contributed by atoms with van der Waals surface area (Å²) in [5.41, 5.74) is 4.70. The molecule has 1 aliphatic carbocycles. The lowest BCUT2D eigenvalue weighted by molar-refractivity contribution is 0.0954. The van der Waals surface area contributed by atoms with Crippen LogP contribution in [-0.2, 0) is 19.3 Å². The Balaban J connectivity index is 1.50. The van der Waals surface area contributed by atoms with Gasteiger partial charge in [-0.1, -0.05) is 6.07 Å². The normalized spacial score (nSPS) is 13.9. The molecule has 4 heteroatoms. The fourth-order valence-electron chi connectivity index (χ4n) is 3.40. The van der Waals surface area contributed by atoms with Crippen LogP contribution in [0.1, 0.15) is 39.3 Å². The molecule has 0 saturated carbocycles. The number of hydrogen-bond acceptors (Lipinski definition) is 2. The summed E-state index contributed by atoms with van der Waals surface area (Å²) in [6.45, 7) is 0.683. The van der Waals surface area contributed by atoms with Gasteiger partial charge in [-0.15, -0.1) is 11.3 Å². The molecule has 118 valence electrons. The molecule has 1 aliphatic rings. The third-order valence-electron chi connectivity index (χ3n) is 4.60. The summed E-state index contributed by atoms with van der Waals surface area (Å²) < 4.78 is 0. The van der Waals surface area contributed by atoms with E-state index in [2.05, 4.69) is 27.8 Å². The van der Waals surface area contributed by atoms with Crippen LogP contribution in [0.25, 0.3) is 10.9 Å². The van der Waals surface area contributed by atoms with Gasteiger partial charge < -0.3 is 10.3 Å². The number of H-pyrrole nitrogens is 1. The van der Waals surface area contributed by atoms with Crippen molar-refractivity contribution in [3.05, 3.63) is 57.4 Å². The maximum Gasteiger partial charge on any atom is 0.251 e. The summed E-state index contributed by atoms with van der Waals surface area (Å²) >= 11 is 1.73. The summed E-state index contributed by atoms with van der Waals surface area (Å²) in [4.78, 5) is 17.2. The second-order valence-corrected chi connectivity index (χ2v) is 7.17. The molecule has 0 saturated heterocycles. The Morgan fingerprint density at radius 1 is 1.22 bits per heavy atom. The van der Waals surface area contributed by atoms with Crippen LogP contribution in [0.5, 0.6) is 0 Å². The van der Waals surface area contributed by atoms with E-state index < -0.39 is 0 Å². The Morgan fingerprint density at radius 2 is 2.13 bits per heavy atom. The number of hydrogen-bond donors (Lipinski definition) is 2. The molecule has 23 heavy (non-hydrogen) atoms. The minimum atomic E-state index is 0.0224. The molecule has 1 amide bonds. The van der Waals surface area contributed by atoms with Crippen molar-refractivity contribution in [1.29, 1.82) is 0 Å². The average Bonchev–Trinajstić information content (AvgIpc) is 3.21. The van der Waals surface area contributed by atoms with E-state index in [4.69, 9.17) is 0 Å². The minimum absolute atomic E-state index is 0.0224. The van der Waals surface area contributed by atoms with Gasteiger partial charge in [-0.2, -0.15) is 0 Å². The van der Waals surface area contributed by atoms with Crippen LogP contribution in [0.2, 0.25) is 0 Å². The number of aromatic amines is 1. The first-order valence-electron chi connectivity index (χ1n) is 8.25. The largest absolute Gasteiger partial charge is 0.358 e. The molecule has 2 aromatic heterocycles. The first kappa shape index (κ1) is 14.5. The van der Waals surface area contributed by atoms with Gasteiger partial charge in [0.15, 0.2) is 0 Å². The summed E-state index contributed by atoms with van der Waals surface area (Å²) in [6, 6.07) is 10.2. The Labute approximate surface area is 139 Å². The maximum atomic E-state index is 12.4. The van der Waals surface area contributed by atoms with Crippen molar-refractivity contribution >= 4 is 28.1 Å². The average molecular weight is 324 g/mol. The Hall–Kier alpha value is -2.07. The molecule has 4 rings (SSSR count). The van der Waals surface area contributed by atoms with Gasteiger partial charge in [0.1, 0.15) is 0 Å². The van der Waals surface area contributed by atoms with E-state index in [-0.39, 0.29) is 5.91 Å². The number of amides is 1. The zero-order chi connectivity index (χ0) is 15.6. The van der Waals surface area contributed by atoms with Crippen LogP contribution in [0.3, 0.4) is 0 Å². The van der Waals surface area contributed by atoms with Crippen molar-refractivity contribution in [3.63, 3.8) is 0 Å². The third-order valence-corrected chi connectivity index (χ3v) is 5.53. The summed E-state index contributed by atoms with van der Waals surface area (Å²) in [5, 5.41) is 6.33. The summed E-state index contributed by atoms with van der Waals surface area (Å²) in [7, 11) is 0. The van der Waals surface area contributed by atoms with Crippen LogP contribution < -0.4 is 5.32 Å². The van der Waals surface area contributed by atoms with Crippen molar-refractivity contribution in [1.82, 2.24) is 10.3 Å². The zero-order valence-corrected chi connectivity index (χ0v) is 13.8. The van der Waals surface area contributed by atoms with E-state index in [9.17, 15) is 4.79 Å². The quantitative estimate of drug-likeness (QED) is 0.746. The van der Waals surface area contributed by atoms with Crippen LogP contribution in [0, 0.1) is 0 Å². The van der Waals surface area contributed by atoms with Gasteiger partial charge in [0, 0.05) is 33.6 Å². The van der Waals surface area contributed by atoms with Crippen LogP contribution >= 0.6 is 11.3 Å². The molecule has 1 aromatic carbocycles. The molecule has 0 bridgehead atoms. The van der Waals surface area contributed by atoms with E-state index in [1.807, 2.05) is 18.2 Å². The van der Waals surface area contributed by atoms with Gasteiger partial charge in [0.2, 0.25) is 0 Å². The van der Waals surface area contributed by atoms with Gasteiger partial charge in [-0.3, -0.25) is 4.79 Å². The van der Waals surface area contributed by atoms with E-state index in [1.165, 1.54) is 34.4 Å². The molecular formula is C19H20N2OS. The Morgan fingerprint density at radius 3 is 3.00 bits per heavy atom. The number of thiophene rings is 1. The molecule has 2 N–H and O–H groups in total. The molecular weight excluding hydrogens is 304 g/mol. The predicted octanol–water partition coefficient (Wildman–Crippen LogP) is 4.08. The second kappa shape index (κ2) is 6.20. The molecule has 0 unspecified atom stereocenters. The number of aromatic nitrogens is 1. The number of carbonyl (C=O) groups is 1. The lowest BCUT2D eigenvalue weighted by Crippen LogP contribution is -2.25. The SMILES string of the molecule is O=C(NCCc1cccs1)c1ccc2[nH]c3c(c2c1)CCCC3. The number of benzene rings is 1. The van der Waals surface area contributed by atoms with Crippen LogP contribution in [-0.4, -0.2) is 17.4 Å². The molecule has 0 aliphatic heterocycles. The minimum Gasteiger partial charge on any atom is -0.358 e. The van der Waals surface area contributed by atoms with Gasteiger partial charge >= 0.3 is 0 Å². The monoisotopic (exact) mass is 324 g/mol. The van der Waals surface area contributed by atoms with Crippen molar-refractivity contribution in [2.75, 3.05) is 6.54 Å². The number of nitrogens with one attached hydrogen (secondary N) is 2. The molecule has 3 nitrogen and oxygen atoms in total. The number of fused-ring (bicyclic) bond motifs is 3. The number of aryl methyl sites for hydroxylation is 2. The fourth-order valence-corrected chi connectivity index (χ4v) is 4.11. The molecule has 3 aromatic rings. The highest BCUT2D eigenvalue weighted by Crippen LogP contribution is 2.29. The van der Waals surface area contributed by atoms with Crippen molar-refractivity contribution in [2.24, 2.45) is 0 Å². The van der Waals surface area contributed by atoms with Crippen molar-refractivity contribution in [3.8, 4) is 0 Å². The van der Waals surface area contributed by atoms with E-state index in [0.29, 0.717) is 6.54 Å². The Kier molecular flexibility index (Phi) is 3.92. The smallest absolute Gasteiger partial charge is 0.251 e. The molecule has 0 atom stereocenters. The highest BCUT2D eigenvalue weighted by Gasteiger charge is 2.16. The predicted molar refractivity (Wildman–Crippen MR) is 95.3 cm³/mol. The Bertz CT molecular complexity index is 833. The highest BCUT2D eigenvalue weighted by molar-refractivity contribution is 7.09. The van der Waals surface area contributed by atoms with E-state index >= 15 is 0 Å². The number of carbonyl (C=O) groups excluding carboxylic acids is 1. The first-order chi connectivity index (χ1) is 11.3. The standard InChI is InChI=1S/C19H20N2OS/c22-19(20-10-9-14-4-3-11-23-14)13-7-8-18-16(12-13)15-5-1-2-6-17(15)21-18/h3-4,7-8,11-12,21H,1-2,5-6,9-10H2,(H,20,22). The van der Waals surface area contributed by atoms with Crippen LogP contribution in [0.15, 0.2) is 35.7 Å². The van der Waals surface area contributed by atoms with Crippen molar-refractivity contribution < 1.29 is 4.79 Å². The summed E-state index contributed by atoms with van der Waals surface area (Å²) in [6.07, 6.45) is 5.66. The van der Waals surface area contributed by atoms with Gasteiger partial charge in [-0.25, -0.2) is 0 Å². The molecule has 0 radical (unpaired) electrons. The molecule has 0 fully saturated rings. The van der Waals surface area contributed by atoms with Gasteiger partial charge in [-0.05, 0) is 67.3 Å². The third kappa shape index (κ3) is 2.91. The van der Waals surface area contributed by atoms with E-state index in [1.54, 1.807) is 11.3 Å². The maximum absolute atomic E-state index is 12.4. The lowest BCUT2D eigenvalue weighted by atomic mass is 9.95. The van der Waals surface area contributed by atoms with Gasteiger partial charge in [0.05, 0.1) is 0 Å².